The van der Waals surface area contributed by atoms with Gasteiger partial charge in [0.05, 0.1) is 6.10 Å². The van der Waals surface area contributed by atoms with Crippen molar-refractivity contribution in [2.75, 3.05) is 31.9 Å². The number of aliphatic hydroxyl groups excluding tert-OH is 1. The average molecular weight is 299 g/mol. The van der Waals surface area contributed by atoms with Crippen molar-refractivity contribution in [3.8, 4) is 0 Å². The topological polar surface area (TPSA) is 47.9 Å². The molecule has 5 heteroatoms. The summed E-state index contributed by atoms with van der Waals surface area (Å²) in [5, 5.41) is 13.3. The lowest BCUT2D eigenvalue weighted by atomic mass is 10.1. The summed E-state index contributed by atoms with van der Waals surface area (Å²) >= 11 is 2.04. The van der Waals surface area contributed by atoms with E-state index in [0.717, 1.165) is 57.2 Å². The molecule has 0 amide bonds. The quantitative estimate of drug-likeness (QED) is 0.618. The summed E-state index contributed by atoms with van der Waals surface area (Å²) in [7, 11) is 0. The highest BCUT2D eigenvalue weighted by atomic mass is 32.2. The number of aliphatic hydroxyl groups is 1. The van der Waals surface area contributed by atoms with Crippen LogP contribution in [0.5, 0.6) is 0 Å². The molecule has 0 spiro atoms. The molecule has 0 aromatic carbocycles. The first-order chi connectivity index (χ1) is 9.52. The van der Waals surface area contributed by atoms with E-state index in [4.69, 9.17) is 4.99 Å². The number of guanidine groups is 1. The molecule has 0 radical (unpaired) electrons. The maximum atomic E-state index is 9.92. The smallest absolute Gasteiger partial charge is 0.193 e. The predicted octanol–water partition coefficient (Wildman–Crippen LogP) is 1.94. The first-order valence-corrected chi connectivity index (χ1v) is 8.85. The Morgan fingerprint density at radius 2 is 2.25 bits per heavy atom. The number of nitrogens with one attached hydrogen (secondary N) is 1. The molecule has 1 saturated heterocycles. The van der Waals surface area contributed by atoms with E-state index < -0.39 is 0 Å². The van der Waals surface area contributed by atoms with Crippen molar-refractivity contribution >= 4 is 17.7 Å². The highest BCUT2D eigenvalue weighted by molar-refractivity contribution is 8.00. The Labute approximate surface area is 127 Å². The normalized spacial score (nSPS) is 30.6. The van der Waals surface area contributed by atoms with E-state index in [1.165, 1.54) is 0 Å². The van der Waals surface area contributed by atoms with Gasteiger partial charge >= 0.3 is 0 Å². The van der Waals surface area contributed by atoms with Crippen LogP contribution in [-0.4, -0.2) is 58.7 Å². The number of rotatable bonds is 3. The molecule has 4 nitrogen and oxygen atoms in total. The molecule has 1 heterocycles. The number of hydrogen-bond acceptors (Lipinski definition) is 3. The minimum absolute atomic E-state index is 0.144. The van der Waals surface area contributed by atoms with Gasteiger partial charge in [-0.15, -0.1) is 0 Å². The standard InChI is InChI=1S/C15H29N3OS/c1-4-16-14(17-10-12-6-5-7-13(12)19)18-8-9-20-15(2,3)11-18/h12-13,19H,4-11H2,1-3H3,(H,16,17). The molecule has 0 aromatic rings. The molecule has 1 aliphatic heterocycles. The Balaban J connectivity index is 1.98. The van der Waals surface area contributed by atoms with Gasteiger partial charge in [-0.2, -0.15) is 11.8 Å². The predicted molar refractivity (Wildman–Crippen MR) is 87.4 cm³/mol. The van der Waals surface area contributed by atoms with E-state index in [1.807, 2.05) is 11.8 Å². The second kappa shape index (κ2) is 7.03. The number of nitrogens with zero attached hydrogens (tertiary/aromatic N) is 2. The summed E-state index contributed by atoms with van der Waals surface area (Å²) in [4.78, 5) is 7.17. The van der Waals surface area contributed by atoms with Crippen LogP contribution < -0.4 is 5.32 Å². The van der Waals surface area contributed by atoms with Crippen LogP contribution in [0.15, 0.2) is 4.99 Å². The second-order valence-corrected chi connectivity index (χ2v) is 8.28. The maximum absolute atomic E-state index is 9.92. The molecule has 2 aliphatic rings. The molecule has 116 valence electrons. The van der Waals surface area contributed by atoms with Gasteiger partial charge in [-0.05, 0) is 33.6 Å². The Morgan fingerprint density at radius 1 is 1.45 bits per heavy atom. The molecule has 0 bridgehead atoms. The van der Waals surface area contributed by atoms with E-state index in [1.54, 1.807) is 0 Å². The fraction of sp³-hybridized carbons (Fsp3) is 0.933. The van der Waals surface area contributed by atoms with Crippen molar-refractivity contribution in [3.63, 3.8) is 0 Å². The number of hydrogen-bond donors (Lipinski definition) is 2. The SMILES string of the molecule is CCNC(=NCC1CCCC1O)N1CCSC(C)(C)C1. The number of thioether (sulfide) groups is 1. The van der Waals surface area contributed by atoms with Crippen LogP contribution in [0.4, 0.5) is 0 Å². The molecule has 2 unspecified atom stereocenters. The summed E-state index contributed by atoms with van der Waals surface area (Å²) in [6.45, 7) is 10.5. The lowest BCUT2D eigenvalue weighted by Gasteiger charge is -2.39. The third kappa shape index (κ3) is 4.29. The van der Waals surface area contributed by atoms with Crippen LogP contribution >= 0.6 is 11.8 Å². The van der Waals surface area contributed by atoms with Gasteiger partial charge in [-0.25, -0.2) is 0 Å². The van der Waals surface area contributed by atoms with Gasteiger partial charge in [-0.3, -0.25) is 4.99 Å². The molecule has 2 rings (SSSR count). The van der Waals surface area contributed by atoms with Gasteiger partial charge in [0.1, 0.15) is 0 Å². The van der Waals surface area contributed by atoms with Crippen molar-refractivity contribution in [3.05, 3.63) is 0 Å². The van der Waals surface area contributed by atoms with Gasteiger partial charge in [-0.1, -0.05) is 6.42 Å². The van der Waals surface area contributed by atoms with Crippen molar-refractivity contribution < 1.29 is 5.11 Å². The van der Waals surface area contributed by atoms with Crippen molar-refractivity contribution in [1.29, 1.82) is 0 Å². The largest absolute Gasteiger partial charge is 0.393 e. The van der Waals surface area contributed by atoms with Crippen LogP contribution in [0.1, 0.15) is 40.0 Å². The third-order valence-corrected chi connectivity index (χ3v) is 5.45. The first-order valence-electron chi connectivity index (χ1n) is 7.87. The van der Waals surface area contributed by atoms with Crippen molar-refractivity contribution in [2.24, 2.45) is 10.9 Å². The van der Waals surface area contributed by atoms with Gasteiger partial charge in [0, 0.05) is 42.6 Å². The van der Waals surface area contributed by atoms with Crippen LogP contribution in [-0.2, 0) is 0 Å². The van der Waals surface area contributed by atoms with E-state index in [9.17, 15) is 5.11 Å². The van der Waals surface area contributed by atoms with E-state index in [0.29, 0.717) is 10.7 Å². The first kappa shape index (κ1) is 16.0. The Kier molecular flexibility index (Phi) is 5.61. The van der Waals surface area contributed by atoms with Crippen molar-refractivity contribution in [1.82, 2.24) is 10.2 Å². The number of aliphatic imine (C=N–C) groups is 1. The molecular formula is C15H29N3OS. The summed E-state index contributed by atoms with van der Waals surface area (Å²) < 4.78 is 0.293. The fourth-order valence-electron chi connectivity index (χ4n) is 3.06. The van der Waals surface area contributed by atoms with Crippen molar-refractivity contribution in [2.45, 2.75) is 50.9 Å². The minimum Gasteiger partial charge on any atom is -0.393 e. The van der Waals surface area contributed by atoms with Gasteiger partial charge in [0.2, 0.25) is 0 Å². The average Bonchev–Trinajstić information content (AvgIpc) is 2.79. The molecule has 1 saturated carbocycles. The summed E-state index contributed by atoms with van der Waals surface area (Å²) in [5.74, 6) is 2.54. The monoisotopic (exact) mass is 299 g/mol. The maximum Gasteiger partial charge on any atom is 0.193 e. The molecule has 2 fully saturated rings. The third-order valence-electron chi connectivity index (χ3n) is 4.15. The van der Waals surface area contributed by atoms with E-state index in [-0.39, 0.29) is 6.10 Å². The summed E-state index contributed by atoms with van der Waals surface area (Å²) in [5.41, 5.74) is 0. The Bertz CT molecular complexity index is 346. The second-order valence-electron chi connectivity index (χ2n) is 6.48. The molecule has 1 aliphatic carbocycles. The summed E-state index contributed by atoms with van der Waals surface area (Å²) in [6.07, 6.45) is 3.07. The van der Waals surface area contributed by atoms with Gasteiger partial charge in [0.25, 0.3) is 0 Å². The zero-order valence-corrected chi connectivity index (χ0v) is 13.9. The van der Waals surface area contributed by atoms with Crippen LogP contribution in [0.2, 0.25) is 0 Å². The fourth-order valence-corrected chi connectivity index (χ4v) is 4.17. The highest BCUT2D eigenvalue weighted by Crippen LogP contribution is 2.30. The molecule has 2 N–H and O–H groups in total. The van der Waals surface area contributed by atoms with Crippen LogP contribution in [0, 0.1) is 5.92 Å². The molecule has 2 atom stereocenters. The van der Waals surface area contributed by atoms with E-state index in [2.05, 4.69) is 31.0 Å². The minimum atomic E-state index is -0.144. The van der Waals surface area contributed by atoms with E-state index >= 15 is 0 Å². The highest BCUT2D eigenvalue weighted by Gasteiger charge is 2.29. The zero-order valence-electron chi connectivity index (χ0n) is 13.1. The lowest BCUT2D eigenvalue weighted by molar-refractivity contribution is 0.136. The zero-order chi connectivity index (χ0) is 14.6. The van der Waals surface area contributed by atoms with Crippen LogP contribution in [0.25, 0.3) is 0 Å². The molecular weight excluding hydrogens is 270 g/mol. The Morgan fingerprint density at radius 3 is 2.85 bits per heavy atom. The molecule has 20 heavy (non-hydrogen) atoms. The van der Waals surface area contributed by atoms with Gasteiger partial charge < -0.3 is 15.3 Å². The van der Waals surface area contributed by atoms with Crippen LogP contribution in [0.3, 0.4) is 0 Å². The Hall–Kier alpha value is -0.420. The van der Waals surface area contributed by atoms with Gasteiger partial charge in [0.15, 0.2) is 5.96 Å². The molecule has 0 aromatic heterocycles. The summed E-state index contributed by atoms with van der Waals surface area (Å²) in [6, 6.07) is 0. The lowest BCUT2D eigenvalue weighted by Crippen LogP contribution is -2.51.